The van der Waals surface area contributed by atoms with Crippen molar-refractivity contribution in [2.75, 3.05) is 6.54 Å². The van der Waals surface area contributed by atoms with Gasteiger partial charge in [-0.2, -0.15) is 0 Å². The third-order valence-electron chi connectivity index (χ3n) is 4.08. The molecule has 2 fully saturated rings. The molecule has 3 nitrogen and oxygen atoms in total. The number of rotatable bonds is 5. The van der Waals surface area contributed by atoms with Crippen molar-refractivity contribution in [3.05, 3.63) is 24.2 Å². The Bertz CT molecular complexity index is 345. The van der Waals surface area contributed by atoms with E-state index in [9.17, 15) is 0 Å². The standard InChI is InChI=1S/C14H22N2O/c15-12-4-3-11(8-12)9-16(13-5-6-13)10-14-2-1-7-17-14/h1-2,7,11-13H,3-6,8-10,15H2. The van der Waals surface area contributed by atoms with E-state index >= 15 is 0 Å². The molecule has 0 amide bonds. The molecule has 2 aliphatic rings. The predicted octanol–water partition coefficient (Wildman–Crippen LogP) is 2.37. The van der Waals surface area contributed by atoms with Crippen molar-refractivity contribution in [2.24, 2.45) is 11.7 Å². The Morgan fingerprint density at radius 3 is 2.76 bits per heavy atom. The Balaban J connectivity index is 1.56. The summed E-state index contributed by atoms with van der Waals surface area (Å²) >= 11 is 0. The SMILES string of the molecule is NC1CCC(CN(Cc2ccco2)C2CC2)C1. The summed E-state index contributed by atoms with van der Waals surface area (Å²) in [6.07, 6.45) is 8.22. The molecular weight excluding hydrogens is 212 g/mol. The van der Waals surface area contributed by atoms with Crippen molar-refractivity contribution in [2.45, 2.75) is 50.7 Å². The molecule has 17 heavy (non-hydrogen) atoms. The van der Waals surface area contributed by atoms with Crippen LogP contribution in [-0.2, 0) is 6.54 Å². The van der Waals surface area contributed by atoms with Crippen LogP contribution in [0.1, 0.15) is 37.9 Å². The molecule has 0 aliphatic heterocycles. The molecule has 3 heteroatoms. The van der Waals surface area contributed by atoms with Gasteiger partial charge in [0.1, 0.15) is 5.76 Å². The first-order chi connectivity index (χ1) is 8.31. The zero-order chi connectivity index (χ0) is 11.7. The van der Waals surface area contributed by atoms with Gasteiger partial charge in [0, 0.05) is 18.6 Å². The maximum atomic E-state index is 5.99. The minimum atomic E-state index is 0.449. The van der Waals surface area contributed by atoms with E-state index in [2.05, 4.69) is 11.0 Å². The summed E-state index contributed by atoms with van der Waals surface area (Å²) in [4.78, 5) is 2.60. The Morgan fingerprint density at radius 2 is 2.18 bits per heavy atom. The third-order valence-corrected chi connectivity index (χ3v) is 4.08. The Labute approximate surface area is 103 Å². The van der Waals surface area contributed by atoms with Gasteiger partial charge < -0.3 is 10.2 Å². The van der Waals surface area contributed by atoms with Gasteiger partial charge in [0.25, 0.3) is 0 Å². The first kappa shape index (κ1) is 11.3. The number of nitrogens with zero attached hydrogens (tertiary/aromatic N) is 1. The smallest absolute Gasteiger partial charge is 0.117 e. The highest BCUT2D eigenvalue weighted by Crippen LogP contribution is 2.32. The van der Waals surface area contributed by atoms with Crippen LogP contribution in [0, 0.1) is 5.92 Å². The molecular formula is C14H22N2O. The average molecular weight is 234 g/mol. The second kappa shape index (κ2) is 4.83. The fraction of sp³-hybridized carbons (Fsp3) is 0.714. The van der Waals surface area contributed by atoms with Gasteiger partial charge >= 0.3 is 0 Å². The fourth-order valence-corrected chi connectivity index (χ4v) is 3.00. The van der Waals surface area contributed by atoms with Gasteiger partial charge in [-0.1, -0.05) is 0 Å². The van der Waals surface area contributed by atoms with E-state index in [0.29, 0.717) is 6.04 Å². The molecule has 3 rings (SSSR count). The second-order valence-corrected chi connectivity index (χ2v) is 5.68. The van der Waals surface area contributed by atoms with E-state index in [1.54, 1.807) is 6.26 Å². The van der Waals surface area contributed by atoms with Crippen LogP contribution in [0.15, 0.2) is 22.8 Å². The molecule has 1 aromatic heterocycles. The summed E-state index contributed by atoms with van der Waals surface area (Å²) < 4.78 is 5.46. The molecule has 0 radical (unpaired) electrons. The summed E-state index contributed by atoms with van der Waals surface area (Å²) in [5.74, 6) is 1.90. The Hall–Kier alpha value is -0.800. The molecule has 2 saturated carbocycles. The highest BCUT2D eigenvalue weighted by Gasteiger charge is 2.32. The first-order valence-electron chi connectivity index (χ1n) is 6.83. The molecule has 0 saturated heterocycles. The molecule has 2 aliphatic carbocycles. The zero-order valence-electron chi connectivity index (χ0n) is 10.3. The van der Waals surface area contributed by atoms with E-state index in [0.717, 1.165) is 24.3 Å². The lowest BCUT2D eigenvalue weighted by Crippen LogP contribution is -2.31. The van der Waals surface area contributed by atoms with Crippen molar-refractivity contribution in [1.29, 1.82) is 0 Å². The van der Waals surface area contributed by atoms with Crippen molar-refractivity contribution >= 4 is 0 Å². The molecule has 94 valence electrons. The van der Waals surface area contributed by atoms with Gasteiger partial charge in [0.15, 0.2) is 0 Å². The lowest BCUT2D eigenvalue weighted by Gasteiger charge is -2.24. The van der Waals surface area contributed by atoms with Crippen LogP contribution in [0.4, 0.5) is 0 Å². The zero-order valence-corrected chi connectivity index (χ0v) is 10.3. The second-order valence-electron chi connectivity index (χ2n) is 5.68. The Kier molecular flexibility index (Phi) is 3.21. The van der Waals surface area contributed by atoms with Crippen molar-refractivity contribution in [1.82, 2.24) is 4.90 Å². The van der Waals surface area contributed by atoms with E-state index in [1.807, 2.05) is 6.07 Å². The summed E-state index contributed by atoms with van der Waals surface area (Å²) in [6.45, 7) is 2.18. The molecule has 1 heterocycles. The maximum Gasteiger partial charge on any atom is 0.117 e. The van der Waals surface area contributed by atoms with E-state index in [4.69, 9.17) is 10.2 Å². The molecule has 1 aromatic rings. The number of furan rings is 1. The van der Waals surface area contributed by atoms with Gasteiger partial charge in [-0.05, 0) is 50.2 Å². The average Bonchev–Trinajstić information content (AvgIpc) is 2.89. The van der Waals surface area contributed by atoms with Crippen LogP contribution < -0.4 is 5.73 Å². The normalized spacial score (nSPS) is 29.1. The highest BCUT2D eigenvalue weighted by molar-refractivity contribution is 5.00. The number of hydrogen-bond acceptors (Lipinski definition) is 3. The van der Waals surface area contributed by atoms with Crippen molar-refractivity contribution in [3.8, 4) is 0 Å². The van der Waals surface area contributed by atoms with Crippen LogP contribution in [0.3, 0.4) is 0 Å². The molecule has 0 bridgehead atoms. The van der Waals surface area contributed by atoms with Gasteiger partial charge in [0.05, 0.1) is 12.8 Å². The maximum absolute atomic E-state index is 5.99. The summed E-state index contributed by atoms with van der Waals surface area (Å²) in [5.41, 5.74) is 5.99. The largest absolute Gasteiger partial charge is 0.468 e. The molecule has 2 N–H and O–H groups in total. The van der Waals surface area contributed by atoms with E-state index < -0.39 is 0 Å². The minimum Gasteiger partial charge on any atom is -0.468 e. The monoisotopic (exact) mass is 234 g/mol. The van der Waals surface area contributed by atoms with Gasteiger partial charge in [-0.25, -0.2) is 0 Å². The van der Waals surface area contributed by atoms with Crippen LogP contribution in [0.2, 0.25) is 0 Å². The van der Waals surface area contributed by atoms with Gasteiger partial charge in [-0.15, -0.1) is 0 Å². The van der Waals surface area contributed by atoms with E-state index in [1.165, 1.54) is 38.6 Å². The first-order valence-corrected chi connectivity index (χ1v) is 6.83. The molecule has 2 unspecified atom stereocenters. The molecule has 0 spiro atoms. The lowest BCUT2D eigenvalue weighted by molar-refractivity contribution is 0.198. The van der Waals surface area contributed by atoms with Crippen LogP contribution in [0.5, 0.6) is 0 Å². The van der Waals surface area contributed by atoms with Crippen molar-refractivity contribution in [3.63, 3.8) is 0 Å². The van der Waals surface area contributed by atoms with Crippen LogP contribution in [-0.4, -0.2) is 23.5 Å². The van der Waals surface area contributed by atoms with Crippen molar-refractivity contribution < 1.29 is 4.42 Å². The predicted molar refractivity (Wildman–Crippen MR) is 67.5 cm³/mol. The number of nitrogens with two attached hydrogens (primary N) is 1. The fourth-order valence-electron chi connectivity index (χ4n) is 3.00. The van der Waals surface area contributed by atoms with Crippen LogP contribution >= 0.6 is 0 Å². The Morgan fingerprint density at radius 1 is 1.29 bits per heavy atom. The van der Waals surface area contributed by atoms with Gasteiger partial charge in [-0.3, -0.25) is 4.90 Å². The molecule has 0 aromatic carbocycles. The quantitative estimate of drug-likeness (QED) is 0.850. The summed E-state index contributed by atoms with van der Waals surface area (Å²) in [5, 5.41) is 0. The van der Waals surface area contributed by atoms with Gasteiger partial charge in [0.2, 0.25) is 0 Å². The minimum absolute atomic E-state index is 0.449. The number of hydrogen-bond donors (Lipinski definition) is 1. The molecule has 2 atom stereocenters. The summed E-state index contributed by atoms with van der Waals surface area (Å²) in [6, 6.07) is 5.31. The third kappa shape index (κ3) is 2.90. The highest BCUT2D eigenvalue weighted by atomic mass is 16.3. The summed E-state index contributed by atoms with van der Waals surface area (Å²) in [7, 11) is 0. The van der Waals surface area contributed by atoms with Crippen LogP contribution in [0.25, 0.3) is 0 Å². The topological polar surface area (TPSA) is 42.4 Å². The lowest BCUT2D eigenvalue weighted by atomic mass is 10.1. The van der Waals surface area contributed by atoms with E-state index in [-0.39, 0.29) is 0 Å².